The number of ether oxygens (including phenoxy) is 2. The van der Waals surface area contributed by atoms with Crippen LogP contribution in [0.15, 0.2) is 24.4 Å². The molecular weight excluding hydrogens is 280 g/mol. The number of hydrogen-bond donors (Lipinski definition) is 0. The lowest BCUT2D eigenvalue weighted by atomic mass is 9.81. The second kappa shape index (κ2) is 6.24. The minimum absolute atomic E-state index is 0.193. The molecule has 1 amide bonds. The van der Waals surface area contributed by atoms with E-state index in [2.05, 4.69) is 18.8 Å². The van der Waals surface area contributed by atoms with Crippen LogP contribution in [-0.2, 0) is 9.53 Å². The van der Waals surface area contributed by atoms with Crippen LogP contribution in [0.5, 0.6) is 5.88 Å². The molecule has 2 saturated heterocycles. The van der Waals surface area contributed by atoms with Crippen LogP contribution in [0, 0.1) is 11.8 Å². The number of aromatic nitrogens is 1. The zero-order valence-electron chi connectivity index (χ0n) is 13.3. The summed E-state index contributed by atoms with van der Waals surface area (Å²) in [5.74, 6) is 1.62. The smallest absolute Gasteiger partial charge is 0.223 e. The summed E-state index contributed by atoms with van der Waals surface area (Å²) in [4.78, 5) is 18.2. The van der Waals surface area contributed by atoms with Crippen molar-refractivity contribution < 1.29 is 14.3 Å². The minimum atomic E-state index is -0.193. The highest BCUT2D eigenvalue weighted by Gasteiger charge is 2.54. The lowest BCUT2D eigenvalue weighted by molar-refractivity contribution is -0.167. The van der Waals surface area contributed by atoms with E-state index >= 15 is 0 Å². The van der Waals surface area contributed by atoms with Gasteiger partial charge in [0.2, 0.25) is 11.8 Å². The number of pyridine rings is 1. The van der Waals surface area contributed by atoms with Gasteiger partial charge in [-0.15, -0.1) is 0 Å². The van der Waals surface area contributed by atoms with Gasteiger partial charge in [-0.05, 0) is 18.4 Å². The molecule has 3 heterocycles. The molecule has 0 aliphatic carbocycles. The number of rotatable bonds is 5. The average molecular weight is 304 g/mol. The van der Waals surface area contributed by atoms with Gasteiger partial charge in [0.25, 0.3) is 0 Å². The van der Waals surface area contributed by atoms with Gasteiger partial charge < -0.3 is 14.4 Å². The van der Waals surface area contributed by atoms with E-state index in [0.717, 1.165) is 13.0 Å². The highest BCUT2D eigenvalue weighted by atomic mass is 16.5. The Bertz CT molecular complexity index is 512. The second-order valence-corrected chi connectivity index (χ2v) is 6.73. The first-order valence-electron chi connectivity index (χ1n) is 8.05. The van der Waals surface area contributed by atoms with Crippen LogP contribution < -0.4 is 4.74 Å². The quantitative estimate of drug-likeness (QED) is 0.836. The summed E-state index contributed by atoms with van der Waals surface area (Å²) in [6.45, 7) is 6.90. The van der Waals surface area contributed by atoms with Crippen molar-refractivity contribution in [1.82, 2.24) is 9.88 Å². The standard InChI is InChI=1S/C17H24N2O3/c1-13(2)9-16(20)19-11-17(12-19)14(6-8-22-17)10-21-15-5-3-4-7-18-15/h3-5,7,13-14H,6,8-12H2,1-2H3/t14-/m0/s1. The van der Waals surface area contributed by atoms with Gasteiger partial charge in [0.05, 0.1) is 19.7 Å². The predicted octanol–water partition coefficient (Wildman–Crippen LogP) is 2.12. The van der Waals surface area contributed by atoms with Crippen LogP contribution in [0.4, 0.5) is 0 Å². The van der Waals surface area contributed by atoms with Gasteiger partial charge in [0, 0.05) is 31.2 Å². The molecule has 5 heteroatoms. The molecule has 1 atom stereocenters. The first kappa shape index (κ1) is 15.3. The molecule has 5 nitrogen and oxygen atoms in total. The van der Waals surface area contributed by atoms with Crippen molar-refractivity contribution in [3.05, 3.63) is 24.4 Å². The number of hydrogen-bond acceptors (Lipinski definition) is 4. The Balaban J connectivity index is 1.53. The maximum atomic E-state index is 12.1. The Hall–Kier alpha value is -1.62. The lowest BCUT2D eigenvalue weighted by Crippen LogP contribution is -2.66. The fourth-order valence-electron chi connectivity index (χ4n) is 3.24. The van der Waals surface area contributed by atoms with Crippen LogP contribution in [-0.4, -0.2) is 47.7 Å². The summed E-state index contributed by atoms with van der Waals surface area (Å²) in [6.07, 6.45) is 3.33. The molecule has 0 N–H and O–H groups in total. The molecule has 3 rings (SSSR count). The van der Waals surface area contributed by atoms with Crippen molar-refractivity contribution in [2.75, 3.05) is 26.3 Å². The van der Waals surface area contributed by atoms with Gasteiger partial charge in [0.15, 0.2) is 0 Å². The lowest BCUT2D eigenvalue weighted by Gasteiger charge is -2.50. The topological polar surface area (TPSA) is 51.7 Å². The third-order valence-corrected chi connectivity index (χ3v) is 4.52. The molecule has 22 heavy (non-hydrogen) atoms. The number of carbonyl (C=O) groups is 1. The van der Waals surface area contributed by atoms with Crippen LogP contribution in [0.1, 0.15) is 26.7 Å². The SMILES string of the molecule is CC(C)CC(=O)N1CC2(C1)OCC[C@H]2COc1ccccn1. The summed E-state index contributed by atoms with van der Waals surface area (Å²) in [7, 11) is 0. The molecular formula is C17H24N2O3. The van der Waals surface area contributed by atoms with Crippen LogP contribution in [0.2, 0.25) is 0 Å². The summed E-state index contributed by atoms with van der Waals surface area (Å²) in [5.41, 5.74) is -0.193. The molecule has 1 spiro atoms. The molecule has 2 fully saturated rings. The maximum Gasteiger partial charge on any atom is 0.223 e. The van der Waals surface area contributed by atoms with Gasteiger partial charge in [0.1, 0.15) is 5.60 Å². The zero-order chi connectivity index (χ0) is 15.6. The van der Waals surface area contributed by atoms with Gasteiger partial charge in [-0.1, -0.05) is 19.9 Å². The van der Waals surface area contributed by atoms with Crippen LogP contribution in [0.3, 0.4) is 0 Å². The Morgan fingerprint density at radius 1 is 1.50 bits per heavy atom. The van der Waals surface area contributed by atoms with Gasteiger partial charge in [-0.3, -0.25) is 4.79 Å². The van der Waals surface area contributed by atoms with Gasteiger partial charge in [-0.2, -0.15) is 0 Å². The van der Waals surface area contributed by atoms with Gasteiger partial charge in [-0.25, -0.2) is 4.98 Å². The minimum Gasteiger partial charge on any atom is -0.477 e. The number of likely N-dealkylation sites (tertiary alicyclic amines) is 1. The third-order valence-electron chi connectivity index (χ3n) is 4.52. The second-order valence-electron chi connectivity index (χ2n) is 6.73. The van der Waals surface area contributed by atoms with Crippen LogP contribution >= 0.6 is 0 Å². The van der Waals surface area contributed by atoms with E-state index in [1.165, 1.54) is 0 Å². The summed E-state index contributed by atoms with van der Waals surface area (Å²) in [6, 6.07) is 5.65. The van der Waals surface area contributed by atoms with E-state index in [-0.39, 0.29) is 11.5 Å². The van der Waals surface area contributed by atoms with Crippen molar-refractivity contribution in [3.8, 4) is 5.88 Å². The summed E-state index contributed by atoms with van der Waals surface area (Å²) in [5, 5.41) is 0. The molecule has 2 aliphatic rings. The molecule has 0 radical (unpaired) electrons. The maximum absolute atomic E-state index is 12.1. The van der Waals surface area contributed by atoms with E-state index in [1.807, 2.05) is 23.1 Å². The fraction of sp³-hybridized carbons (Fsp3) is 0.647. The number of nitrogens with zero attached hydrogens (tertiary/aromatic N) is 2. The molecule has 0 unspecified atom stereocenters. The molecule has 120 valence electrons. The normalized spacial score (nSPS) is 22.9. The van der Waals surface area contributed by atoms with Crippen molar-refractivity contribution in [2.24, 2.45) is 11.8 Å². The molecule has 2 aliphatic heterocycles. The molecule has 1 aromatic heterocycles. The molecule has 0 aromatic carbocycles. The average Bonchev–Trinajstić information content (AvgIpc) is 2.87. The number of carbonyl (C=O) groups excluding carboxylic acids is 1. The Labute approximate surface area is 131 Å². The Kier molecular flexibility index (Phi) is 4.34. The highest BCUT2D eigenvalue weighted by molar-refractivity contribution is 5.77. The van der Waals surface area contributed by atoms with E-state index in [9.17, 15) is 4.79 Å². The van der Waals surface area contributed by atoms with Crippen molar-refractivity contribution in [3.63, 3.8) is 0 Å². The summed E-state index contributed by atoms with van der Waals surface area (Å²) < 4.78 is 11.8. The van der Waals surface area contributed by atoms with Gasteiger partial charge >= 0.3 is 0 Å². The zero-order valence-corrected chi connectivity index (χ0v) is 13.3. The van der Waals surface area contributed by atoms with Crippen molar-refractivity contribution in [2.45, 2.75) is 32.3 Å². The van der Waals surface area contributed by atoms with E-state index in [0.29, 0.717) is 43.8 Å². The first-order chi connectivity index (χ1) is 10.6. The van der Waals surface area contributed by atoms with Crippen molar-refractivity contribution >= 4 is 5.91 Å². The van der Waals surface area contributed by atoms with E-state index < -0.39 is 0 Å². The first-order valence-corrected chi connectivity index (χ1v) is 8.05. The van der Waals surface area contributed by atoms with E-state index in [1.54, 1.807) is 6.20 Å². The molecule has 1 aromatic rings. The fourth-order valence-corrected chi connectivity index (χ4v) is 3.24. The van der Waals surface area contributed by atoms with Crippen molar-refractivity contribution in [1.29, 1.82) is 0 Å². The Morgan fingerprint density at radius 2 is 2.32 bits per heavy atom. The number of amides is 1. The molecule has 0 bridgehead atoms. The largest absolute Gasteiger partial charge is 0.477 e. The van der Waals surface area contributed by atoms with Crippen LogP contribution in [0.25, 0.3) is 0 Å². The highest BCUT2D eigenvalue weighted by Crippen LogP contribution is 2.40. The Morgan fingerprint density at radius 3 is 3.00 bits per heavy atom. The monoisotopic (exact) mass is 304 g/mol. The molecule has 0 saturated carbocycles. The third kappa shape index (κ3) is 3.09. The summed E-state index contributed by atoms with van der Waals surface area (Å²) >= 11 is 0. The predicted molar refractivity (Wildman–Crippen MR) is 82.6 cm³/mol. The van der Waals surface area contributed by atoms with E-state index in [4.69, 9.17) is 9.47 Å².